The van der Waals surface area contributed by atoms with Crippen molar-refractivity contribution in [2.75, 3.05) is 19.6 Å². The number of fused-ring (bicyclic) bond motifs is 2. The Bertz CT molecular complexity index is 1160. The molecule has 0 spiro atoms. The van der Waals surface area contributed by atoms with Crippen molar-refractivity contribution in [3.05, 3.63) is 108 Å². The topological polar surface area (TPSA) is 61.9 Å². The molecule has 2 atom stereocenters. The Kier molecular flexibility index (Phi) is 7.33. The summed E-state index contributed by atoms with van der Waals surface area (Å²) in [6, 6.07) is 30.0. The number of rotatable bonds is 7. The average Bonchev–Trinajstić information content (AvgIpc) is 2.92. The van der Waals surface area contributed by atoms with Crippen molar-refractivity contribution in [1.82, 2.24) is 15.1 Å². The molecule has 5 rings (SSSR count). The van der Waals surface area contributed by atoms with Gasteiger partial charge in [-0.15, -0.1) is 0 Å². The summed E-state index contributed by atoms with van der Waals surface area (Å²) in [7, 11) is 0. The van der Waals surface area contributed by atoms with Gasteiger partial charge < -0.3 is 15.0 Å². The summed E-state index contributed by atoms with van der Waals surface area (Å²) in [6.07, 6.45) is 0.971. The molecule has 0 saturated carbocycles. The van der Waals surface area contributed by atoms with Gasteiger partial charge in [0.1, 0.15) is 6.61 Å². The van der Waals surface area contributed by atoms with E-state index in [0.717, 1.165) is 24.2 Å². The fourth-order valence-electron chi connectivity index (χ4n) is 5.53. The minimum absolute atomic E-state index is 0.0676. The Hall–Kier alpha value is -3.64. The van der Waals surface area contributed by atoms with Gasteiger partial charge in [-0.25, -0.2) is 4.79 Å². The van der Waals surface area contributed by atoms with Crippen LogP contribution in [0.25, 0.3) is 0 Å². The van der Waals surface area contributed by atoms with Crippen LogP contribution in [0.15, 0.2) is 91.0 Å². The Labute approximate surface area is 212 Å². The van der Waals surface area contributed by atoms with Crippen molar-refractivity contribution in [3.8, 4) is 0 Å². The highest BCUT2D eigenvalue weighted by Gasteiger charge is 2.51. The second-order valence-electron chi connectivity index (χ2n) is 9.95. The van der Waals surface area contributed by atoms with Gasteiger partial charge in [-0.3, -0.25) is 9.69 Å². The van der Waals surface area contributed by atoms with Crippen molar-refractivity contribution >= 4 is 12.0 Å². The zero-order valence-electron chi connectivity index (χ0n) is 20.5. The number of carbonyl (C=O) groups is 2. The molecule has 2 amide bonds. The predicted molar refractivity (Wildman–Crippen MR) is 139 cm³/mol. The first-order chi connectivity index (χ1) is 17.6. The standard InChI is InChI=1S/C30H33N3O3/c34-28(31-19-24-10-4-1-5-11-24)30-16-17-33(29(35)36-22-26-14-8-3-9-15-26)27(18-30)21-32(23-30)20-25-12-6-2-7-13-25/h1-15,27H,16-23H2,(H,31,34). The first-order valence-electron chi connectivity index (χ1n) is 12.7. The zero-order chi connectivity index (χ0) is 24.8. The number of likely N-dealkylation sites (tertiary alicyclic amines) is 2. The third-order valence-corrected chi connectivity index (χ3v) is 7.36. The van der Waals surface area contributed by atoms with Crippen LogP contribution in [0.4, 0.5) is 4.79 Å². The molecule has 2 saturated heterocycles. The molecule has 0 aliphatic carbocycles. The lowest BCUT2D eigenvalue weighted by atomic mass is 9.71. The molecule has 186 valence electrons. The maximum Gasteiger partial charge on any atom is 0.410 e. The van der Waals surface area contributed by atoms with E-state index in [0.29, 0.717) is 32.5 Å². The van der Waals surface area contributed by atoms with E-state index in [1.54, 1.807) is 0 Å². The fourth-order valence-corrected chi connectivity index (χ4v) is 5.53. The smallest absolute Gasteiger partial charge is 0.410 e. The van der Waals surface area contributed by atoms with E-state index in [2.05, 4.69) is 22.3 Å². The van der Waals surface area contributed by atoms with E-state index in [9.17, 15) is 9.59 Å². The van der Waals surface area contributed by atoms with Crippen molar-refractivity contribution in [1.29, 1.82) is 0 Å². The molecule has 0 aromatic heterocycles. The van der Waals surface area contributed by atoms with Crippen molar-refractivity contribution in [3.63, 3.8) is 0 Å². The maximum absolute atomic E-state index is 13.6. The molecule has 0 radical (unpaired) electrons. The van der Waals surface area contributed by atoms with Crippen LogP contribution >= 0.6 is 0 Å². The van der Waals surface area contributed by atoms with Crippen LogP contribution < -0.4 is 5.32 Å². The van der Waals surface area contributed by atoms with Crippen molar-refractivity contribution in [2.45, 2.75) is 38.6 Å². The number of benzene rings is 3. The molecule has 2 bridgehead atoms. The quantitative estimate of drug-likeness (QED) is 0.533. The number of ether oxygens (including phenoxy) is 1. The highest BCUT2D eigenvalue weighted by molar-refractivity contribution is 5.83. The molecule has 6 nitrogen and oxygen atoms in total. The molecule has 36 heavy (non-hydrogen) atoms. The number of piperidine rings is 2. The lowest BCUT2D eigenvalue weighted by molar-refractivity contribution is -0.141. The molecule has 2 fully saturated rings. The monoisotopic (exact) mass is 483 g/mol. The molecule has 2 heterocycles. The van der Waals surface area contributed by atoms with Crippen molar-refractivity contribution < 1.29 is 14.3 Å². The summed E-state index contributed by atoms with van der Waals surface area (Å²) in [5.41, 5.74) is 2.72. The predicted octanol–water partition coefficient (Wildman–Crippen LogP) is 4.61. The Balaban J connectivity index is 1.30. The number of hydrogen-bond acceptors (Lipinski definition) is 4. The van der Waals surface area contributed by atoms with E-state index >= 15 is 0 Å². The van der Waals surface area contributed by atoms with Gasteiger partial charge in [-0.1, -0.05) is 91.0 Å². The van der Waals surface area contributed by atoms with E-state index in [1.807, 2.05) is 83.8 Å². The molecule has 3 aromatic carbocycles. The molecule has 2 aliphatic heterocycles. The second kappa shape index (κ2) is 11.0. The van der Waals surface area contributed by atoms with Gasteiger partial charge in [0.05, 0.1) is 5.41 Å². The maximum atomic E-state index is 13.6. The molecule has 1 N–H and O–H groups in total. The number of carbonyl (C=O) groups excluding carboxylic acids is 2. The van der Waals surface area contributed by atoms with Gasteiger partial charge in [0.15, 0.2) is 0 Å². The number of nitrogens with zero attached hydrogens (tertiary/aromatic N) is 2. The summed E-state index contributed by atoms with van der Waals surface area (Å²) < 4.78 is 5.68. The van der Waals surface area contributed by atoms with Crippen molar-refractivity contribution in [2.24, 2.45) is 5.41 Å². The molecular weight excluding hydrogens is 450 g/mol. The van der Waals surface area contributed by atoms with Gasteiger partial charge in [0.25, 0.3) is 0 Å². The Morgan fingerprint density at radius 1 is 0.861 bits per heavy atom. The Morgan fingerprint density at radius 3 is 2.14 bits per heavy atom. The highest BCUT2D eigenvalue weighted by Crippen LogP contribution is 2.41. The molecular formula is C30H33N3O3. The fraction of sp³-hybridized carbons (Fsp3) is 0.333. The summed E-state index contributed by atoms with van der Waals surface area (Å²) in [5, 5.41) is 3.19. The second-order valence-corrected chi connectivity index (χ2v) is 9.95. The average molecular weight is 484 g/mol. The van der Waals surface area contributed by atoms with E-state index in [4.69, 9.17) is 4.74 Å². The Morgan fingerprint density at radius 2 is 1.47 bits per heavy atom. The van der Waals surface area contributed by atoms with E-state index in [1.165, 1.54) is 5.56 Å². The summed E-state index contributed by atoms with van der Waals surface area (Å²) in [6.45, 7) is 3.44. The number of amides is 2. The largest absolute Gasteiger partial charge is 0.445 e. The van der Waals surface area contributed by atoms with E-state index in [-0.39, 0.29) is 24.6 Å². The third kappa shape index (κ3) is 5.60. The summed E-state index contributed by atoms with van der Waals surface area (Å²) in [5.74, 6) is 0.0754. The van der Waals surface area contributed by atoms with Crippen LogP contribution in [-0.4, -0.2) is 47.5 Å². The first kappa shape index (κ1) is 24.1. The van der Waals surface area contributed by atoms with Crippen LogP contribution in [0.5, 0.6) is 0 Å². The zero-order valence-corrected chi connectivity index (χ0v) is 20.5. The molecule has 6 heteroatoms. The third-order valence-electron chi connectivity index (χ3n) is 7.36. The van der Waals surface area contributed by atoms with Gasteiger partial charge >= 0.3 is 6.09 Å². The lowest BCUT2D eigenvalue weighted by Gasteiger charge is -2.52. The molecule has 2 unspecified atom stereocenters. The lowest BCUT2D eigenvalue weighted by Crippen LogP contribution is -2.64. The highest BCUT2D eigenvalue weighted by atomic mass is 16.6. The summed E-state index contributed by atoms with van der Waals surface area (Å²) >= 11 is 0. The minimum Gasteiger partial charge on any atom is -0.445 e. The minimum atomic E-state index is -0.525. The summed E-state index contributed by atoms with van der Waals surface area (Å²) in [4.78, 5) is 30.9. The van der Waals surface area contributed by atoms with Crippen LogP contribution in [-0.2, 0) is 29.2 Å². The van der Waals surface area contributed by atoms with Gasteiger partial charge in [0.2, 0.25) is 5.91 Å². The van der Waals surface area contributed by atoms with Crippen LogP contribution in [0.3, 0.4) is 0 Å². The van der Waals surface area contributed by atoms with Crippen LogP contribution in [0.1, 0.15) is 29.5 Å². The van der Waals surface area contributed by atoms with Gasteiger partial charge in [-0.2, -0.15) is 0 Å². The van der Waals surface area contributed by atoms with Gasteiger partial charge in [-0.05, 0) is 29.5 Å². The van der Waals surface area contributed by atoms with Crippen LogP contribution in [0, 0.1) is 5.41 Å². The van der Waals surface area contributed by atoms with E-state index < -0.39 is 5.41 Å². The first-order valence-corrected chi connectivity index (χ1v) is 12.7. The number of nitrogens with one attached hydrogen (secondary N) is 1. The normalized spacial score (nSPS) is 21.6. The SMILES string of the molecule is O=C(OCc1ccccc1)N1CCC2(C(=O)NCc3ccccc3)CC1CN(Cc1ccccc1)C2. The van der Waals surface area contributed by atoms with Crippen LogP contribution in [0.2, 0.25) is 0 Å². The molecule has 3 aromatic rings. The number of hydrogen-bond donors (Lipinski definition) is 1. The van der Waals surface area contributed by atoms with Gasteiger partial charge in [0, 0.05) is 38.8 Å². The molecule has 2 aliphatic rings.